The van der Waals surface area contributed by atoms with E-state index < -0.39 is 40.9 Å². The molecule has 2 atom stereocenters. The third-order valence-electron chi connectivity index (χ3n) is 6.70. The van der Waals surface area contributed by atoms with Crippen molar-refractivity contribution in [3.8, 4) is 11.1 Å². The second kappa shape index (κ2) is 11.6. The zero-order valence-electron chi connectivity index (χ0n) is 21.6. The number of halogens is 5. The summed E-state index contributed by atoms with van der Waals surface area (Å²) in [5.41, 5.74) is 1.38. The van der Waals surface area contributed by atoms with E-state index in [1.165, 1.54) is 37.6 Å². The van der Waals surface area contributed by atoms with Gasteiger partial charge >= 0.3 is 12.1 Å². The molecule has 0 spiro atoms. The molecule has 0 saturated carbocycles. The number of hydrogen-bond donors (Lipinski definition) is 1. The number of nitrogens with one attached hydrogen (secondary N) is 1. The number of methoxy groups -OCH3 is 1. The maximum atomic E-state index is 13.5. The van der Waals surface area contributed by atoms with Crippen LogP contribution in [-0.4, -0.2) is 37.8 Å². The number of carbonyl (C=O) groups excluding carboxylic acids is 2. The van der Waals surface area contributed by atoms with Crippen molar-refractivity contribution in [1.82, 2.24) is 5.32 Å². The van der Waals surface area contributed by atoms with Crippen LogP contribution in [0.5, 0.6) is 0 Å². The molecule has 1 N–H and O–H groups in total. The van der Waals surface area contributed by atoms with E-state index in [0.29, 0.717) is 5.56 Å². The Bertz CT molecular complexity index is 1470. The summed E-state index contributed by atoms with van der Waals surface area (Å²) in [5, 5.41) is 2.69. The van der Waals surface area contributed by atoms with Crippen LogP contribution in [0, 0.1) is 5.82 Å². The summed E-state index contributed by atoms with van der Waals surface area (Å²) in [6, 6.07) is 15.2. The van der Waals surface area contributed by atoms with E-state index in [0.717, 1.165) is 28.8 Å². The summed E-state index contributed by atoms with van der Waals surface area (Å²) in [6.45, 7) is 2.01. The molecule has 40 heavy (non-hydrogen) atoms. The third-order valence-corrected chi connectivity index (χ3v) is 6.99. The number of amides is 1. The molecule has 0 radical (unpaired) electrons. The fourth-order valence-corrected chi connectivity index (χ4v) is 4.60. The van der Waals surface area contributed by atoms with E-state index in [1.807, 2.05) is 0 Å². The largest absolute Gasteiger partial charge is 0.467 e. The van der Waals surface area contributed by atoms with Gasteiger partial charge in [-0.25, -0.2) is 9.18 Å². The number of esters is 1. The Morgan fingerprint density at radius 2 is 1.70 bits per heavy atom. The summed E-state index contributed by atoms with van der Waals surface area (Å²) in [7, 11) is 1.21. The van der Waals surface area contributed by atoms with E-state index in [4.69, 9.17) is 16.3 Å². The molecule has 1 heterocycles. The summed E-state index contributed by atoms with van der Waals surface area (Å²) >= 11 is 5.88. The van der Waals surface area contributed by atoms with Crippen molar-refractivity contribution in [3.05, 3.63) is 106 Å². The molecule has 1 aliphatic heterocycles. The van der Waals surface area contributed by atoms with Crippen LogP contribution in [0.3, 0.4) is 0 Å². The molecule has 1 unspecified atom stereocenters. The maximum Gasteiger partial charge on any atom is 0.416 e. The fraction of sp³-hybridized carbons (Fsp3) is 0.233. The van der Waals surface area contributed by atoms with Gasteiger partial charge in [-0.15, -0.1) is 0 Å². The number of carbonyl (C=O) groups is 2. The van der Waals surface area contributed by atoms with Crippen LogP contribution in [0.4, 0.5) is 17.6 Å². The van der Waals surface area contributed by atoms with E-state index >= 15 is 0 Å². The summed E-state index contributed by atoms with van der Waals surface area (Å²) in [4.78, 5) is 29.9. The summed E-state index contributed by atoms with van der Waals surface area (Å²) in [5.74, 6) is -1.74. The van der Waals surface area contributed by atoms with Crippen molar-refractivity contribution in [1.29, 1.82) is 0 Å². The Morgan fingerprint density at radius 1 is 1.05 bits per heavy atom. The average molecular weight is 573 g/mol. The highest BCUT2D eigenvalue weighted by Crippen LogP contribution is 2.34. The first-order valence-corrected chi connectivity index (χ1v) is 12.6. The quantitative estimate of drug-likeness (QED) is 0.266. The molecule has 5 nitrogen and oxygen atoms in total. The number of dihydropyridines is 1. The molecule has 0 bridgehead atoms. The van der Waals surface area contributed by atoms with Crippen LogP contribution >= 0.6 is 11.6 Å². The van der Waals surface area contributed by atoms with Crippen LogP contribution in [0.1, 0.15) is 23.6 Å². The van der Waals surface area contributed by atoms with Crippen LogP contribution in [0.2, 0.25) is 5.02 Å². The Hall–Kier alpha value is -3.98. The van der Waals surface area contributed by atoms with Gasteiger partial charge in [-0.1, -0.05) is 67.1 Å². The highest BCUT2D eigenvalue weighted by molar-refractivity contribution is 6.31. The van der Waals surface area contributed by atoms with Crippen molar-refractivity contribution >= 4 is 29.7 Å². The lowest BCUT2D eigenvalue weighted by atomic mass is 9.79. The predicted molar refractivity (Wildman–Crippen MR) is 145 cm³/mol. The topological polar surface area (TPSA) is 67.8 Å². The number of rotatable bonds is 7. The molecular formula is C30H25ClF4N2O3. The van der Waals surface area contributed by atoms with Gasteiger partial charge in [0.15, 0.2) is 0 Å². The van der Waals surface area contributed by atoms with E-state index in [9.17, 15) is 27.2 Å². The lowest BCUT2D eigenvalue weighted by Crippen LogP contribution is -2.44. The Labute approximate surface area is 233 Å². The number of alkyl halides is 3. The zero-order chi connectivity index (χ0) is 29.1. The molecule has 1 amide bonds. The summed E-state index contributed by atoms with van der Waals surface area (Å²) in [6.07, 6.45) is -1.32. The molecule has 0 fully saturated rings. The Kier molecular flexibility index (Phi) is 8.44. The fourth-order valence-electron chi connectivity index (χ4n) is 4.42. The molecule has 1 aliphatic rings. The van der Waals surface area contributed by atoms with Crippen molar-refractivity contribution in [3.63, 3.8) is 0 Å². The zero-order valence-corrected chi connectivity index (χ0v) is 22.3. The van der Waals surface area contributed by atoms with Gasteiger partial charge in [0.2, 0.25) is 0 Å². The van der Waals surface area contributed by atoms with Crippen molar-refractivity contribution < 1.29 is 31.9 Å². The molecule has 0 aromatic heterocycles. The normalized spacial score (nSPS) is 17.6. The maximum absolute atomic E-state index is 13.5. The molecule has 10 heteroatoms. The molecular weight excluding hydrogens is 548 g/mol. The van der Waals surface area contributed by atoms with Gasteiger partial charge in [0.05, 0.1) is 29.8 Å². The minimum Gasteiger partial charge on any atom is -0.467 e. The van der Waals surface area contributed by atoms with E-state index in [1.54, 1.807) is 43.3 Å². The van der Waals surface area contributed by atoms with Gasteiger partial charge in [-0.2, -0.15) is 13.2 Å². The van der Waals surface area contributed by atoms with E-state index in [-0.39, 0.29) is 23.6 Å². The average Bonchev–Trinajstić information content (AvgIpc) is 2.93. The number of benzene rings is 3. The smallest absolute Gasteiger partial charge is 0.416 e. The van der Waals surface area contributed by atoms with E-state index in [2.05, 4.69) is 10.3 Å². The standard InChI is InChI=1S/C30H25ClF4N2O3/c1-29(22-8-10-23(11-9-22)30(33,34)35)15-21(16-36-17-29)27(38)37-26(28(39)40-2)13-18-3-5-19(6-4-18)20-7-12-25(32)24(31)14-20/h3-12,14-16,26H,13,17H2,1-2H3,(H,37,38)/t26-,29?/m1/s1. The lowest BCUT2D eigenvalue weighted by Gasteiger charge is -2.29. The second-order valence-corrected chi connectivity index (χ2v) is 10.0. The number of ether oxygens (including phenoxy) is 1. The second-order valence-electron chi connectivity index (χ2n) is 9.64. The first-order chi connectivity index (χ1) is 18.9. The molecule has 0 aliphatic carbocycles. The van der Waals surface area contributed by atoms with Crippen LogP contribution in [0.15, 0.2) is 83.4 Å². The highest BCUT2D eigenvalue weighted by Gasteiger charge is 2.33. The van der Waals surface area contributed by atoms with Crippen LogP contribution in [-0.2, 0) is 32.3 Å². The molecule has 0 saturated heterocycles. The molecule has 208 valence electrons. The van der Waals surface area contributed by atoms with Crippen molar-refractivity contribution in [2.45, 2.75) is 31.0 Å². The van der Waals surface area contributed by atoms with Gasteiger partial charge in [0, 0.05) is 18.1 Å². The molecule has 3 aromatic carbocycles. The van der Waals surface area contributed by atoms with Gasteiger partial charge in [0.25, 0.3) is 5.91 Å². The number of nitrogens with zero attached hydrogens (tertiary/aromatic N) is 1. The summed E-state index contributed by atoms with van der Waals surface area (Å²) < 4.78 is 57.3. The lowest BCUT2D eigenvalue weighted by molar-refractivity contribution is -0.144. The molecule has 4 rings (SSSR count). The van der Waals surface area contributed by atoms with Crippen LogP contribution < -0.4 is 5.32 Å². The first-order valence-electron chi connectivity index (χ1n) is 12.2. The Morgan fingerprint density at radius 3 is 2.30 bits per heavy atom. The first kappa shape index (κ1) is 29.0. The van der Waals surface area contributed by atoms with Crippen LogP contribution in [0.25, 0.3) is 11.1 Å². The predicted octanol–water partition coefficient (Wildman–Crippen LogP) is 6.33. The third kappa shape index (κ3) is 6.59. The monoisotopic (exact) mass is 572 g/mol. The Balaban J connectivity index is 1.50. The SMILES string of the molecule is COC(=O)[C@@H](Cc1ccc(-c2ccc(F)c(Cl)c2)cc1)NC(=O)C1=CC(C)(c2ccc(C(F)(F)F)cc2)CN=C1. The van der Waals surface area contributed by atoms with Gasteiger partial charge in [-0.3, -0.25) is 9.79 Å². The number of aliphatic imine (C=N–C) groups is 1. The molecule has 3 aromatic rings. The number of hydrogen-bond acceptors (Lipinski definition) is 4. The highest BCUT2D eigenvalue weighted by atomic mass is 35.5. The minimum absolute atomic E-state index is 0.00465. The van der Waals surface area contributed by atoms with Gasteiger partial charge in [-0.05, 0) is 46.5 Å². The van der Waals surface area contributed by atoms with Crippen molar-refractivity contribution in [2.75, 3.05) is 13.7 Å². The minimum atomic E-state index is -4.46. The van der Waals surface area contributed by atoms with Gasteiger partial charge in [0.1, 0.15) is 11.9 Å². The van der Waals surface area contributed by atoms with Gasteiger partial charge < -0.3 is 10.1 Å². The van der Waals surface area contributed by atoms with Crippen molar-refractivity contribution in [2.24, 2.45) is 4.99 Å².